The molecule has 0 aromatic heterocycles. The highest BCUT2D eigenvalue weighted by Gasteiger charge is 2.46. The zero-order valence-corrected chi connectivity index (χ0v) is 19.3. The highest BCUT2D eigenvalue weighted by Crippen LogP contribution is 2.44. The first-order valence-corrected chi connectivity index (χ1v) is 12.7. The fourth-order valence-corrected chi connectivity index (χ4v) is 6.63. The normalized spacial score (nSPS) is 29.7. The largest absolute Gasteiger partial charge is 0.466 e. The molecule has 1 aliphatic heterocycles. The molecule has 2 aliphatic carbocycles. The minimum Gasteiger partial charge on any atom is -0.466 e. The number of nitrogens with zero attached hydrogens (tertiary/aromatic N) is 3. The van der Waals surface area contributed by atoms with Gasteiger partial charge in [0, 0.05) is 31.0 Å². The van der Waals surface area contributed by atoms with Crippen molar-refractivity contribution in [3.8, 4) is 0 Å². The van der Waals surface area contributed by atoms with Crippen molar-refractivity contribution in [2.45, 2.75) is 69.8 Å². The first kappa shape index (κ1) is 23.3. The second kappa shape index (κ2) is 9.87. The van der Waals surface area contributed by atoms with Crippen molar-refractivity contribution >= 4 is 16.1 Å². The van der Waals surface area contributed by atoms with Crippen LogP contribution >= 0.6 is 0 Å². The van der Waals surface area contributed by atoms with Crippen LogP contribution in [0.4, 0.5) is 0 Å². The summed E-state index contributed by atoms with van der Waals surface area (Å²) in [4.78, 5) is 17.4. The highest BCUT2D eigenvalue weighted by atomic mass is 32.2. The molecule has 0 saturated heterocycles. The van der Waals surface area contributed by atoms with Gasteiger partial charge in [-0.1, -0.05) is 25.7 Å². The van der Waals surface area contributed by atoms with Gasteiger partial charge in [-0.25, -0.2) is 0 Å². The van der Waals surface area contributed by atoms with Crippen LogP contribution in [0.5, 0.6) is 0 Å². The minimum absolute atomic E-state index is 0.0782. The molecule has 4 unspecified atom stereocenters. The lowest BCUT2D eigenvalue weighted by molar-refractivity contribution is -0.143. The van der Waals surface area contributed by atoms with Crippen LogP contribution in [0, 0.1) is 11.8 Å². The number of ether oxygens (including phenoxy) is 1. The molecule has 2 fully saturated rings. The molecule has 0 bridgehead atoms. The van der Waals surface area contributed by atoms with Crippen molar-refractivity contribution in [3.05, 3.63) is 11.9 Å². The van der Waals surface area contributed by atoms with E-state index >= 15 is 0 Å². The smallest absolute Gasteiger partial charge is 0.307 e. The topological polar surface area (TPSA) is 90.4 Å². The predicted molar refractivity (Wildman–Crippen MR) is 115 cm³/mol. The van der Waals surface area contributed by atoms with Crippen molar-refractivity contribution in [1.29, 1.82) is 0 Å². The van der Waals surface area contributed by atoms with Crippen molar-refractivity contribution in [1.82, 2.24) is 14.7 Å². The molecular weight excluding hydrogens is 406 g/mol. The molecule has 0 radical (unpaired) electrons. The van der Waals surface area contributed by atoms with E-state index in [4.69, 9.17) is 4.74 Å². The van der Waals surface area contributed by atoms with Gasteiger partial charge in [-0.2, -0.15) is 8.42 Å². The Balaban J connectivity index is 1.83. The van der Waals surface area contributed by atoms with E-state index in [1.807, 2.05) is 30.1 Å². The van der Waals surface area contributed by atoms with Gasteiger partial charge < -0.3 is 19.4 Å². The number of likely N-dealkylation sites (N-methyl/N-ethyl adjacent to an activating group) is 1. The summed E-state index contributed by atoms with van der Waals surface area (Å²) in [6.07, 6.45) is 9.95. The van der Waals surface area contributed by atoms with E-state index < -0.39 is 15.6 Å². The molecule has 9 heteroatoms. The monoisotopic (exact) mass is 443 g/mol. The molecule has 0 aromatic carbocycles. The van der Waals surface area contributed by atoms with Gasteiger partial charge in [0.25, 0.3) is 0 Å². The number of hydrogen-bond donors (Lipinski definition) is 1. The van der Waals surface area contributed by atoms with E-state index in [9.17, 15) is 17.8 Å². The van der Waals surface area contributed by atoms with Gasteiger partial charge in [0.2, 0.25) is 5.50 Å². The van der Waals surface area contributed by atoms with E-state index in [0.717, 1.165) is 30.9 Å². The Hall–Kier alpha value is -1.32. The van der Waals surface area contributed by atoms with Crippen LogP contribution in [-0.2, 0) is 19.6 Å². The van der Waals surface area contributed by atoms with Crippen LogP contribution in [0.25, 0.3) is 0 Å². The first-order chi connectivity index (χ1) is 14.2. The maximum Gasteiger partial charge on any atom is 0.307 e. The van der Waals surface area contributed by atoms with Crippen molar-refractivity contribution < 1.29 is 22.5 Å². The highest BCUT2D eigenvalue weighted by molar-refractivity contribution is 7.86. The van der Waals surface area contributed by atoms with Gasteiger partial charge in [0.1, 0.15) is 0 Å². The van der Waals surface area contributed by atoms with Gasteiger partial charge in [-0.15, -0.1) is 0 Å². The average Bonchev–Trinajstić information content (AvgIpc) is 3.04. The van der Waals surface area contributed by atoms with E-state index in [-0.39, 0.29) is 25.0 Å². The second-order valence-electron chi connectivity index (χ2n) is 9.17. The maximum absolute atomic E-state index is 12.5. The molecule has 0 aromatic rings. The van der Waals surface area contributed by atoms with Gasteiger partial charge in [-0.05, 0) is 52.1 Å². The molecule has 172 valence electrons. The number of carbonyl (C=O) groups excluding carboxylic acids is 1. The van der Waals surface area contributed by atoms with Gasteiger partial charge in [0.15, 0.2) is 0 Å². The van der Waals surface area contributed by atoms with E-state index in [2.05, 4.69) is 0 Å². The Bertz CT molecular complexity index is 739. The van der Waals surface area contributed by atoms with E-state index in [0.29, 0.717) is 19.1 Å². The number of esters is 1. The number of rotatable bonds is 8. The molecular formula is C21H37N3O5S. The summed E-state index contributed by atoms with van der Waals surface area (Å²) in [6.45, 7) is 2.80. The van der Waals surface area contributed by atoms with Crippen LogP contribution in [0.3, 0.4) is 0 Å². The Kier molecular flexibility index (Phi) is 7.68. The predicted octanol–water partition coefficient (Wildman–Crippen LogP) is 2.49. The fraction of sp³-hybridized carbons (Fsp3) is 0.857. The molecule has 3 aliphatic rings. The second-order valence-corrected chi connectivity index (χ2v) is 10.6. The third-order valence-electron chi connectivity index (χ3n) is 6.70. The lowest BCUT2D eigenvalue weighted by atomic mass is 9.69. The Labute approximate surface area is 181 Å². The number of fused-ring (bicyclic) bond motifs is 1. The average molecular weight is 444 g/mol. The molecule has 8 nitrogen and oxygen atoms in total. The summed E-state index contributed by atoms with van der Waals surface area (Å²) in [5.74, 6) is 1.02. The molecule has 30 heavy (non-hydrogen) atoms. The summed E-state index contributed by atoms with van der Waals surface area (Å²) in [5, 5.41) is 0. The van der Waals surface area contributed by atoms with Crippen LogP contribution < -0.4 is 0 Å². The number of carbonyl (C=O) groups is 1. The van der Waals surface area contributed by atoms with E-state index in [1.54, 1.807) is 11.8 Å². The van der Waals surface area contributed by atoms with Crippen LogP contribution in [0.1, 0.15) is 58.3 Å². The molecule has 1 N–H and O–H groups in total. The van der Waals surface area contributed by atoms with E-state index in [1.165, 1.54) is 25.7 Å². The molecule has 0 spiro atoms. The summed E-state index contributed by atoms with van der Waals surface area (Å²) >= 11 is 0. The Morgan fingerprint density at radius 1 is 1.20 bits per heavy atom. The zero-order valence-electron chi connectivity index (χ0n) is 18.5. The standard InChI is InChI=1S/C21H37N3O5S/c1-4-29-20(25)11-12-23-15-19(14-22(2)3)24(21(23)30(26,27)28)18-10-9-16-7-5-6-8-17(16)13-18/h15-18,21H,4-14H2,1-3H3,(H,26,27,28). The molecule has 2 saturated carbocycles. The van der Waals surface area contributed by atoms with Gasteiger partial charge >= 0.3 is 16.1 Å². The Morgan fingerprint density at radius 3 is 2.53 bits per heavy atom. The third-order valence-corrected chi connectivity index (χ3v) is 7.73. The molecule has 3 rings (SSSR count). The third kappa shape index (κ3) is 5.48. The summed E-state index contributed by atoms with van der Waals surface area (Å²) in [6, 6.07) is 0.0788. The summed E-state index contributed by atoms with van der Waals surface area (Å²) in [7, 11) is -0.489. The van der Waals surface area contributed by atoms with Crippen molar-refractivity contribution in [2.24, 2.45) is 11.8 Å². The zero-order chi connectivity index (χ0) is 21.9. The van der Waals surface area contributed by atoms with Crippen LogP contribution in [-0.4, -0.2) is 79.0 Å². The fourth-order valence-electron chi connectivity index (χ4n) is 5.53. The summed E-state index contributed by atoms with van der Waals surface area (Å²) < 4.78 is 40.1. The van der Waals surface area contributed by atoms with Gasteiger partial charge in [0.05, 0.1) is 13.0 Å². The van der Waals surface area contributed by atoms with Crippen molar-refractivity contribution in [2.75, 3.05) is 33.8 Å². The van der Waals surface area contributed by atoms with Gasteiger partial charge in [-0.3, -0.25) is 9.35 Å². The first-order valence-electron chi connectivity index (χ1n) is 11.2. The quantitative estimate of drug-likeness (QED) is 0.452. The van der Waals surface area contributed by atoms with Crippen LogP contribution in [0.15, 0.2) is 11.9 Å². The SMILES string of the molecule is CCOC(=O)CCN1C=C(CN(C)C)N(C2CCC3CCCCC3C2)C1S(=O)(=O)O. The summed E-state index contributed by atoms with van der Waals surface area (Å²) in [5.41, 5.74) is -0.294. The molecule has 0 amide bonds. The van der Waals surface area contributed by atoms with Crippen LogP contribution in [0.2, 0.25) is 0 Å². The number of hydrogen-bond acceptors (Lipinski definition) is 7. The maximum atomic E-state index is 12.5. The molecule has 1 heterocycles. The van der Waals surface area contributed by atoms with Crippen molar-refractivity contribution in [3.63, 3.8) is 0 Å². The Morgan fingerprint density at radius 2 is 1.90 bits per heavy atom. The lowest BCUT2D eigenvalue weighted by Crippen LogP contribution is -2.52. The minimum atomic E-state index is -4.38. The molecule has 4 atom stereocenters. The lowest BCUT2D eigenvalue weighted by Gasteiger charge is -2.45.